The number of benzene rings is 3. The van der Waals surface area contributed by atoms with Crippen molar-refractivity contribution in [3.05, 3.63) is 118 Å². The lowest BCUT2D eigenvalue weighted by Crippen LogP contribution is -2.47. The van der Waals surface area contributed by atoms with Crippen LogP contribution in [0.5, 0.6) is 11.5 Å². The van der Waals surface area contributed by atoms with Crippen molar-refractivity contribution in [1.82, 2.24) is 50.0 Å². The zero-order valence-electron chi connectivity index (χ0n) is 31.1. The molecule has 0 spiro atoms. The van der Waals surface area contributed by atoms with Gasteiger partial charge in [0.1, 0.15) is 48.8 Å². The molecule has 4 N–H and O–H groups in total. The molecule has 0 amide bonds. The third-order valence-electron chi connectivity index (χ3n) is 9.36. The zero-order chi connectivity index (χ0) is 39.7. The molecule has 15 nitrogen and oxygen atoms in total. The number of piperazine rings is 1. The molecule has 0 aliphatic carbocycles. The molecule has 1 saturated heterocycles. The number of imidazole rings is 2. The van der Waals surface area contributed by atoms with E-state index in [1.165, 1.54) is 6.33 Å². The quantitative estimate of drug-likeness (QED) is 0.0889. The topological polar surface area (TPSA) is 185 Å². The summed E-state index contributed by atoms with van der Waals surface area (Å²) in [5, 5.41) is 18.9. The maximum Gasteiger partial charge on any atom is 0.218 e. The van der Waals surface area contributed by atoms with Gasteiger partial charge in [-0.1, -0.05) is 12.1 Å². The predicted octanol–water partition coefficient (Wildman–Crippen LogP) is 7.46. The van der Waals surface area contributed by atoms with Crippen LogP contribution in [0.25, 0.3) is 45.1 Å². The lowest BCUT2D eigenvalue weighted by atomic mass is 10.1. The van der Waals surface area contributed by atoms with Crippen LogP contribution < -0.4 is 19.7 Å². The molecule has 17 heteroatoms. The summed E-state index contributed by atoms with van der Waals surface area (Å²) < 4.78 is 13.5. The monoisotopic (exact) mass is 901 g/mol. The van der Waals surface area contributed by atoms with Gasteiger partial charge >= 0.3 is 0 Å². The van der Waals surface area contributed by atoms with Crippen molar-refractivity contribution in [2.24, 2.45) is 0 Å². The van der Waals surface area contributed by atoms with Crippen molar-refractivity contribution in [3.8, 4) is 40.3 Å². The first-order valence-corrected chi connectivity index (χ1v) is 20.1. The number of hydrogen-bond acceptors (Lipinski definition) is 12. The number of aromatic nitrogens is 9. The van der Waals surface area contributed by atoms with Crippen molar-refractivity contribution in [1.29, 1.82) is 5.26 Å². The highest BCUT2D eigenvalue weighted by Crippen LogP contribution is 2.26. The lowest BCUT2D eigenvalue weighted by Gasteiger charge is -2.36. The van der Waals surface area contributed by atoms with Gasteiger partial charge in [0.05, 0.1) is 28.8 Å². The molecular formula is C41H37Br2N13O2. The van der Waals surface area contributed by atoms with Crippen molar-refractivity contribution >= 4 is 65.8 Å². The van der Waals surface area contributed by atoms with Crippen LogP contribution in [-0.2, 0) is 0 Å². The number of nitriles is 1. The van der Waals surface area contributed by atoms with Crippen molar-refractivity contribution in [2.45, 2.75) is 0 Å². The molecule has 58 heavy (non-hydrogen) atoms. The second kappa shape index (κ2) is 18.3. The van der Waals surface area contributed by atoms with Crippen molar-refractivity contribution in [2.75, 3.05) is 62.7 Å². The van der Waals surface area contributed by atoms with E-state index in [0.29, 0.717) is 37.0 Å². The molecule has 3 aromatic carbocycles. The number of anilines is 2. The number of nitrogens with one attached hydrogen (secondary N) is 4. The smallest absolute Gasteiger partial charge is 0.218 e. The highest BCUT2D eigenvalue weighted by atomic mass is 79.9. The number of H-pyrrole nitrogens is 3. The molecule has 0 atom stereocenters. The first kappa shape index (κ1) is 38.5. The van der Waals surface area contributed by atoms with Crippen molar-refractivity contribution < 1.29 is 9.47 Å². The number of rotatable bonds is 12. The number of fused-ring (bicyclic) bond motifs is 2. The number of halogens is 2. The van der Waals surface area contributed by atoms with Gasteiger partial charge in [0.2, 0.25) is 5.95 Å². The van der Waals surface area contributed by atoms with E-state index < -0.39 is 0 Å². The molecule has 0 radical (unpaired) electrons. The van der Waals surface area contributed by atoms with Gasteiger partial charge in [-0.05, 0) is 105 Å². The van der Waals surface area contributed by atoms with Gasteiger partial charge in [0.25, 0.3) is 0 Å². The fourth-order valence-corrected chi connectivity index (χ4v) is 7.08. The van der Waals surface area contributed by atoms with Crippen LogP contribution in [-0.4, -0.2) is 102 Å². The number of pyridine rings is 2. The Hall–Kier alpha value is -6.35. The number of nitrogens with zero attached hydrogens (tertiary/aromatic N) is 9. The minimum Gasteiger partial charge on any atom is -0.492 e. The standard InChI is InChI=1S/C25H23BrN6O.C16H14BrN7O/c26-20-15-22-25(28-17-20)30-24(29-22)18-5-7-21(8-6-18)33-14-13-31-9-11-32(12-10-31)23-4-2-1-3-19(23)16-27;17-11-7-13-15(19-8-11)23-14(22-13)10-1-3-12(4-2-10)25-6-5-18-16-20-9-21-24-16/h1-8,15,17H,9-14H2,(H,28,29,30);1-4,7-9H,5-6H2,(H,19,22,23)(H2,18,20,21,24). The Labute approximate surface area is 350 Å². The summed E-state index contributed by atoms with van der Waals surface area (Å²) in [6, 6.07) is 29.8. The molecule has 5 aromatic heterocycles. The number of hydrogen-bond donors (Lipinski definition) is 4. The van der Waals surface area contributed by atoms with Crippen LogP contribution >= 0.6 is 31.9 Å². The van der Waals surface area contributed by atoms with Crippen LogP contribution in [0.2, 0.25) is 0 Å². The van der Waals surface area contributed by atoms with Crippen molar-refractivity contribution in [3.63, 3.8) is 0 Å². The largest absolute Gasteiger partial charge is 0.492 e. The summed E-state index contributed by atoms with van der Waals surface area (Å²) in [5.74, 6) is 3.83. The fraction of sp³-hybridized carbons (Fsp3) is 0.195. The van der Waals surface area contributed by atoms with Gasteiger partial charge in [-0.2, -0.15) is 10.4 Å². The second-order valence-corrected chi connectivity index (χ2v) is 15.0. The SMILES string of the molecule is Brc1cnc2nc(-c3ccc(OCCNc4ncn[nH]4)cc3)[nH]c2c1.N#Cc1ccccc1N1CCN(CCOc2ccc(-c3nc4ncc(Br)cc4[nH]3)cc2)CC1. The van der Waals surface area contributed by atoms with Gasteiger partial charge < -0.3 is 29.7 Å². The second-order valence-electron chi connectivity index (χ2n) is 13.2. The van der Waals surface area contributed by atoms with Crippen LogP contribution in [0, 0.1) is 11.3 Å². The minimum absolute atomic E-state index is 0.516. The summed E-state index contributed by atoms with van der Waals surface area (Å²) in [6.45, 7) is 6.39. The summed E-state index contributed by atoms with van der Waals surface area (Å²) in [6.07, 6.45) is 4.93. The van der Waals surface area contributed by atoms with Crippen LogP contribution in [0.3, 0.4) is 0 Å². The average molecular weight is 904 g/mol. The summed E-state index contributed by atoms with van der Waals surface area (Å²) in [4.78, 5) is 32.9. The van der Waals surface area contributed by atoms with E-state index in [1.807, 2.05) is 84.9 Å². The molecule has 6 heterocycles. The average Bonchev–Trinajstić information content (AvgIpc) is 4.04. The highest BCUT2D eigenvalue weighted by Gasteiger charge is 2.19. The number of ether oxygens (including phenoxy) is 2. The van der Waals surface area contributed by atoms with Gasteiger partial charge in [-0.25, -0.2) is 30.0 Å². The van der Waals surface area contributed by atoms with E-state index in [4.69, 9.17) is 9.47 Å². The maximum absolute atomic E-state index is 9.34. The third-order valence-corrected chi connectivity index (χ3v) is 10.2. The Morgan fingerprint density at radius 1 is 0.724 bits per heavy atom. The molecule has 0 unspecified atom stereocenters. The molecule has 9 rings (SSSR count). The van der Waals surface area contributed by atoms with E-state index >= 15 is 0 Å². The predicted molar refractivity (Wildman–Crippen MR) is 230 cm³/mol. The Balaban J connectivity index is 0.000000168. The van der Waals surface area contributed by atoms with Crippen LogP contribution in [0.15, 0.2) is 113 Å². The normalized spacial score (nSPS) is 12.9. The highest BCUT2D eigenvalue weighted by molar-refractivity contribution is 9.10. The lowest BCUT2D eigenvalue weighted by molar-refractivity contribution is 0.200. The molecule has 8 aromatic rings. The van der Waals surface area contributed by atoms with E-state index in [-0.39, 0.29) is 0 Å². The Bertz CT molecular complexity index is 2620. The molecule has 292 valence electrons. The summed E-state index contributed by atoms with van der Waals surface area (Å²) >= 11 is 6.84. The van der Waals surface area contributed by atoms with E-state index in [0.717, 1.165) is 98.2 Å². The number of aromatic amines is 3. The van der Waals surface area contributed by atoms with Crippen LogP contribution in [0.1, 0.15) is 5.56 Å². The molecule has 1 aliphatic rings. The molecule has 0 bridgehead atoms. The molecule has 1 aliphatic heterocycles. The summed E-state index contributed by atoms with van der Waals surface area (Å²) in [7, 11) is 0. The maximum atomic E-state index is 9.34. The van der Waals surface area contributed by atoms with E-state index in [1.54, 1.807) is 12.4 Å². The Morgan fingerprint density at radius 2 is 1.31 bits per heavy atom. The minimum atomic E-state index is 0.516. The fourth-order valence-electron chi connectivity index (χ4n) is 6.42. The Kier molecular flexibility index (Phi) is 12.1. The summed E-state index contributed by atoms with van der Waals surface area (Å²) in [5.41, 5.74) is 6.92. The zero-order valence-corrected chi connectivity index (χ0v) is 34.2. The first-order chi connectivity index (χ1) is 28.5. The van der Waals surface area contributed by atoms with Gasteiger partial charge in [-0.15, -0.1) is 0 Å². The van der Waals surface area contributed by atoms with Gasteiger partial charge in [0, 0.05) is 65.2 Å². The third kappa shape index (κ3) is 9.60. The Morgan fingerprint density at radius 3 is 1.88 bits per heavy atom. The van der Waals surface area contributed by atoms with E-state index in [9.17, 15) is 5.26 Å². The van der Waals surface area contributed by atoms with Gasteiger partial charge in [0.15, 0.2) is 11.3 Å². The molecular weight excluding hydrogens is 866 g/mol. The molecule has 1 fully saturated rings. The molecule has 0 saturated carbocycles. The number of para-hydroxylation sites is 1. The van der Waals surface area contributed by atoms with E-state index in [2.05, 4.69) is 98.1 Å². The van der Waals surface area contributed by atoms with Crippen LogP contribution in [0.4, 0.5) is 11.6 Å². The van der Waals surface area contributed by atoms with Gasteiger partial charge in [-0.3, -0.25) is 4.90 Å². The first-order valence-electron chi connectivity index (χ1n) is 18.5.